The van der Waals surface area contributed by atoms with Gasteiger partial charge in [-0.3, -0.25) is 4.79 Å². The van der Waals surface area contributed by atoms with Crippen molar-refractivity contribution in [2.45, 2.75) is 51.9 Å². The molecular formula is C26H30N2O5S. The van der Waals surface area contributed by atoms with Crippen molar-refractivity contribution in [3.63, 3.8) is 0 Å². The number of rotatable bonds is 6. The van der Waals surface area contributed by atoms with Crippen LogP contribution >= 0.6 is 0 Å². The number of carbonyl (C=O) groups is 1. The van der Waals surface area contributed by atoms with Crippen molar-refractivity contribution in [1.82, 2.24) is 9.71 Å². The van der Waals surface area contributed by atoms with Gasteiger partial charge >= 0.3 is 0 Å². The van der Waals surface area contributed by atoms with Gasteiger partial charge in [0.2, 0.25) is 5.88 Å². The summed E-state index contributed by atoms with van der Waals surface area (Å²) < 4.78 is 39.1. The zero-order valence-electron chi connectivity index (χ0n) is 20.5. The molecule has 7 nitrogen and oxygen atoms in total. The summed E-state index contributed by atoms with van der Waals surface area (Å²) in [5, 5.41) is 0. The third-order valence-electron chi connectivity index (χ3n) is 5.26. The van der Waals surface area contributed by atoms with Crippen LogP contribution in [0, 0.1) is 20.8 Å². The molecule has 34 heavy (non-hydrogen) atoms. The second-order valence-corrected chi connectivity index (χ2v) is 10.9. The summed E-state index contributed by atoms with van der Waals surface area (Å²) >= 11 is 0. The van der Waals surface area contributed by atoms with Crippen LogP contribution < -0.4 is 14.2 Å². The normalized spacial score (nSPS) is 11.7. The zero-order chi connectivity index (χ0) is 25.3. The Hall–Kier alpha value is -3.39. The second kappa shape index (κ2) is 9.46. The quantitative estimate of drug-likeness (QED) is 0.517. The number of nitrogens with one attached hydrogen (secondary N) is 1. The molecule has 0 saturated carbocycles. The van der Waals surface area contributed by atoms with Gasteiger partial charge < -0.3 is 9.47 Å². The highest BCUT2D eigenvalue weighted by atomic mass is 32.2. The van der Waals surface area contributed by atoms with E-state index in [9.17, 15) is 13.2 Å². The van der Waals surface area contributed by atoms with E-state index in [0.29, 0.717) is 17.2 Å². The van der Waals surface area contributed by atoms with Gasteiger partial charge in [0.25, 0.3) is 15.9 Å². The third kappa shape index (κ3) is 5.56. The Morgan fingerprint density at radius 2 is 1.62 bits per heavy atom. The maximum Gasteiger partial charge on any atom is 0.270 e. The first-order valence-electron chi connectivity index (χ1n) is 10.8. The highest BCUT2D eigenvalue weighted by Crippen LogP contribution is 2.33. The molecule has 0 aliphatic rings. The highest BCUT2D eigenvalue weighted by Gasteiger charge is 2.26. The highest BCUT2D eigenvalue weighted by molar-refractivity contribution is 7.90. The summed E-state index contributed by atoms with van der Waals surface area (Å²) in [6, 6.07) is 13.1. The van der Waals surface area contributed by atoms with Gasteiger partial charge in [0.05, 0.1) is 12.0 Å². The van der Waals surface area contributed by atoms with Crippen LogP contribution in [-0.2, 0) is 15.4 Å². The first-order chi connectivity index (χ1) is 15.8. The van der Waals surface area contributed by atoms with E-state index < -0.39 is 15.9 Å². The summed E-state index contributed by atoms with van der Waals surface area (Å²) in [4.78, 5) is 17.6. The number of nitrogens with zero attached hydrogens (tertiary/aromatic N) is 1. The Morgan fingerprint density at radius 3 is 2.21 bits per heavy atom. The molecular weight excluding hydrogens is 452 g/mol. The average molecular weight is 483 g/mol. The number of benzene rings is 2. The molecule has 0 spiro atoms. The van der Waals surface area contributed by atoms with Crippen molar-refractivity contribution in [1.29, 1.82) is 0 Å². The fourth-order valence-corrected chi connectivity index (χ4v) is 4.54. The maximum absolute atomic E-state index is 13.1. The number of aryl methyl sites for hydroxylation is 3. The van der Waals surface area contributed by atoms with Crippen molar-refractivity contribution < 1.29 is 22.7 Å². The largest absolute Gasteiger partial charge is 0.497 e. The predicted octanol–water partition coefficient (Wildman–Crippen LogP) is 5.22. The summed E-state index contributed by atoms with van der Waals surface area (Å²) in [6.45, 7) is 11.8. The molecule has 0 bridgehead atoms. The molecule has 3 rings (SSSR count). The van der Waals surface area contributed by atoms with Crippen molar-refractivity contribution in [2.75, 3.05) is 7.11 Å². The number of aromatic nitrogens is 1. The summed E-state index contributed by atoms with van der Waals surface area (Å²) in [6.07, 6.45) is 0. The minimum atomic E-state index is -4.15. The Bertz CT molecular complexity index is 1320. The van der Waals surface area contributed by atoms with E-state index in [0.717, 1.165) is 16.7 Å². The Morgan fingerprint density at radius 1 is 0.971 bits per heavy atom. The van der Waals surface area contributed by atoms with Crippen LogP contribution in [0.3, 0.4) is 0 Å². The van der Waals surface area contributed by atoms with E-state index in [4.69, 9.17) is 9.47 Å². The smallest absolute Gasteiger partial charge is 0.270 e. The molecule has 8 heteroatoms. The lowest BCUT2D eigenvalue weighted by molar-refractivity contribution is 0.0978. The van der Waals surface area contributed by atoms with Gasteiger partial charge in [0, 0.05) is 17.2 Å². The first-order valence-corrected chi connectivity index (χ1v) is 12.3. The van der Waals surface area contributed by atoms with Gasteiger partial charge in [-0.05, 0) is 56.2 Å². The van der Waals surface area contributed by atoms with Crippen LogP contribution in [-0.4, -0.2) is 26.4 Å². The molecule has 0 aliphatic carbocycles. The molecule has 0 atom stereocenters. The Labute approximate surface area is 201 Å². The van der Waals surface area contributed by atoms with Crippen molar-refractivity contribution in [3.8, 4) is 17.4 Å². The molecule has 0 fully saturated rings. The number of amides is 1. The minimum Gasteiger partial charge on any atom is -0.497 e. The van der Waals surface area contributed by atoms with Crippen LogP contribution in [0.25, 0.3) is 0 Å². The number of sulfonamides is 1. The number of carbonyl (C=O) groups excluding carboxylic acids is 1. The summed E-state index contributed by atoms with van der Waals surface area (Å²) in [5.74, 6) is 0.142. The molecule has 0 unspecified atom stereocenters. The van der Waals surface area contributed by atoms with E-state index in [1.165, 1.54) is 31.4 Å². The fraction of sp³-hybridized carbons (Fsp3) is 0.308. The van der Waals surface area contributed by atoms with E-state index in [1.807, 2.05) is 53.7 Å². The average Bonchev–Trinajstić information content (AvgIpc) is 2.75. The fourth-order valence-electron chi connectivity index (χ4n) is 3.54. The zero-order valence-corrected chi connectivity index (χ0v) is 21.3. The molecule has 0 radical (unpaired) electrons. The standard InChI is InChI=1S/C26H30N2O5S/c1-16-13-17(2)23(18(3)14-16)33-25-21(11-12-22(27-25)26(4,5)6)24(29)28-34(30,31)20-10-8-9-19(15-20)32-7/h8-15H,1-7H3,(H,28,29). The van der Waals surface area contributed by atoms with Gasteiger partial charge in [0.15, 0.2) is 0 Å². The van der Waals surface area contributed by atoms with Gasteiger partial charge in [-0.2, -0.15) is 0 Å². The molecule has 1 amide bonds. The summed E-state index contributed by atoms with van der Waals surface area (Å²) in [5.41, 5.74) is 3.26. The van der Waals surface area contributed by atoms with Gasteiger partial charge in [-0.1, -0.05) is 44.5 Å². The Balaban J connectivity index is 2.04. The molecule has 180 valence electrons. The minimum absolute atomic E-state index is 0.0128. The third-order valence-corrected chi connectivity index (χ3v) is 6.58. The lowest BCUT2D eigenvalue weighted by atomic mass is 9.91. The first kappa shape index (κ1) is 25.2. The van der Waals surface area contributed by atoms with E-state index in [-0.39, 0.29) is 21.8 Å². The molecule has 1 N–H and O–H groups in total. The number of hydrogen-bond donors (Lipinski definition) is 1. The number of hydrogen-bond acceptors (Lipinski definition) is 6. The van der Waals surface area contributed by atoms with E-state index >= 15 is 0 Å². The SMILES string of the molecule is COc1cccc(S(=O)(=O)NC(=O)c2ccc(C(C)(C)C)nc2Oc2c(C)cc(C)cc2C)c1. The van der Waals surface area contributed by atoms with Crippen LogP contribution in [0.15, 0.2) is 53.4 Å². The van der Waals surface area contributed by atoms with Crippen molar-refractivity contribution in [2.24, 2.45) is 0 Å². The Kier molecular flexibility index (Phi) is 7.02. The second-order valence-electron chi connectivity index (χ2n) is 9.24. The van der Waals surface area contributed by atoms with E-state index in [2.05, 4.69) is 9.71 Å². The van der Waals surface area contributed by atoms with E-state index in [1.54, 1.807) is 12.1 Å². The van der Waals surface area contributed by atoms with Gasteiger partial charge in [0.1, 0.15) is 17.1 Å². The molecule has 2 aromatic carbocycles. The molecule has 3 aromatic rings. The maximum atomic E-state index is 13.1. The van der Waals surface area contributed by atoms with Gasteiger partial charge in [-0.15, -0.1) is 0 Å². The topological polar surface area (TPSA) is 94.6 Å². The van der Waals surface area contributed by atoms with Gasteiger partial charge in [-0.25, -0.2) is 18.1 Å². The summed E-state index contributed by atoms with van der Waals surface area (Å²) in [7, 11) is -2.72. The molecule has 1 aromatic heterocycles. The molecule has 0 saturated heterocycles. The number of methoxy groups -OCH3 is 1. The van der Waals surface area contributed by atoms with Crippen LogP contribution in [0.1, 0.15) is 53.5 Å². The predicted molar refractivity (Wildman–Crippen MR) is 131 cm³/mol. The molecule has 0 aliphatic heterocycles. The monoisotopic (exact) mass is 482 g/mol. The van der Waals surface area contributed by atoms with Crippen LogP contribution in [0.4, 0.5) is 0 Å². The van der Waals surface area contributed by atoms with Crippen molar-refractivity contribution >= 4 is 15.9 Å². The molecule has 1 heterocycles. The van der Waals surface area contributed by atoms with Crippen LogP contribution in [0.5, 0.6) is 17.4 Å². The lowest BCUT2D eigenvalue weighted by Gasteiger charge is -2.21. The number of ether oxygens (including phenoxy) is 2. The lowest BCUT2D eigenvalue weighted by Crippen LogP contribution is -2.31. The number of pyridine rings is 1. The van der Waals surface area contributed by atoms with Crippen LogP contribution in [0.2, 0.25) is 0 Å². The van der Waals surface area contributed by atoms with Crippen molar-refractivity contribution in [3.05, 3.63) is 76.5 Å².